The Hall–Kier alpha value is -3.20. The van der Waals surface area contributed by atoms with Crippen molar-refractivity contribution in [1.82, 2.24) is 4.90 Å². The summed E-state index contributed by atoms with van der Waals surface area (Å²) in [5.74, 6) is 0.555. The van der Waals surface area contributed by atoms with E-state index in [0.717, 1.165) is 41.2 Å². The van der Waals surface area contributed by atoms with Gasteiger partial charge >= 0.3 is 5.97 Å². The van der Waals surface area contributed by atoms with E-state index in [0.29, 0.717) is 31.9 Å². The molecule has 0 aromatic heterocycles. The van der Waals surface area contributed by atoms with Crippen molar-refractivity contribution in [2.75, 3.05) is 31.3 Å². The maximum absolute atomic E-state index is 13.3. The van der Waals surface area contributed by atoms with Crippen LogP contribution in [0.3, 0.4) is 0 Å². The average molecular weight is 495 g/mol. The molecule has 0 aliphatic carbocycles. The highest BCUT2D eigenvalue weighted by atomic mass is 32.2. The van der Waals surface area contributed by atoms with Crippen molar-refractivity contribution in [1.29, 1.82) is 0 Å². The number of carbonyl (C=O) groups is 3. The molecular formula is C26H26N2O6S. The van der Waals surface area contributed by atoms with E-state index in [1.807, 2.05) is 42.5 Å². The second-order valence-corrected chi connectivity index (χ2v) is 10.5. The van der Waals surface area contributed by atoms with E-state index in [4.69, 9.17) is 14.2 Å². The van der Waals surface area contributed by atoms with Gasteiger partial charge in [0.1, 0.15) is 0 Å². The van der Waals surface area contributed by atoms with E-state index >= 15 is 0 Å². The lowest BCUT2D eigenvalue weighted by molar-refractivity contribution is -0.154. The molecule has 4 aliphatic heterocycles. The normalized spacial score (nSPS) is 24.7. The molecule has 0 saturated carbocycles. The van der Waals surface area contributed by atoms with Gasteiger partial charge in [-0.1, -0.05) is 30.0 Å². The van der Waals surface area contributed by atoms with Gasteiger partial charge < -0.3 is 19.1 Å². The summed E-state index contributed by atoms with van der Waals surface area (Å²) in [7, 11) is 0. The quantitative estimate of drug-likeness (QED) is 0.600. The zero-order chi connectivity index (χ0) is 24.0. The molecule has 2 amide bonds. The number of amides is 2. The van der Waals surface area contributed by atoms with Gasteiger partial charge in [-0.25, -0.2) is 4.79 Å². The van der Waals surface area contributed by atoms with Crippen LogP contribution in [0.4, 0.5) is 5.69 Å². The minimum atomic E-state index is -1.13. The zero-order valence-corrected chi connectivity index (χ0v) is 20.1. The van der Waals surface area contributed by atoms with Gasteiger partial charge in [-0.3, -0.25) is 14.5 Å². The number of esters is 1. The molecule has 35 heavy (non-hydrogen) atoms. The number of hydrogen-bond donors (Lipinski definition) is 0. The molecule has 9 heteroatoms. The fourth-order valence-electron chi connectivity index (χ4n) is 5.39. The number of rotatable bonds is 4. The third-order valence-electron chi connectivity index (χ3n) is 7.05. The first-order valence-corrected chi connectivity index (χ1v) is 12.9. The molecule has 182 valence electrons. The number of benzene rings is 2. The lowest BCUT2D eigenvalue weighted by Crippen LogP contribution is -2.48. The first-order chi connectivity index (χ1) is 17.1. The third kappa shape index (κ3) is 3.73. The topological polar surface area (TPSA) is 85.4 Å². The van der Waals surface area contributed by atoms with E-state index in [9.17, 15) is 14.4 Å². The van der Waals surface area contributed by atoms with Crippen LogP contribution < -0.4 is 14.4 Å². The fraction of sp³-hybridized carbons (Fsp3) is 0.423. The molecule has 4 heterocycles. The zero-order valence-electron chi connectivity index (χ0n) is 19.2. The summed E-state index contributed by atoms with van der Waals surface area (Å²) < 4.78 is 17.1. The van der Waals surface area contributed by atoms with Crippen molar-refractivity contribution >= 4 is 35.2 Å². The highest BCUT2D eigenvalue weighted by molar-refractivity contribution is 8.02. The lowest BCUT2D eigenvalue weighted by Gasteiger charge is -2.29. The maximum atomic E-state index is 13.3. The Morgan fingerprint density at radius 2 is 1.91 bits per heavy atom. The number of para-hydroxylation sites is 1. The Morgan fingerprint density at radius 3 is 2.80 bits per heavy atom. The van der Waals surface area contributed by atoms with Crippen molar-refractivity contribution in [3.8, 4) is 11.5 Å². The number of fused-ring (bicyclic) bond motifs is 4. The summed E-state index contributed by atoms with van der Waals surface area (Å²) in [6.45, 7) is 1.48. The number of nitrogens with zero attached hydrogens (tertiary/aromatic N) is 2. The number of likely N-dealkylation sites (tertiary alicyclic amines) is 1. The second kappa shape index (κ2) is 8.78. The van der Waals surface area contributed by atoms with Gasteiger partial charge in [0.05, 0.1) is 24.9 Å². The third-order valence-corrected chi connectivity index (χ3v) is 8.50. The van der Waals surface area contributed by atoms with Gasteiger partial charge in [0, 0.05) is 30.7 Å². The van der Waals surface area contributed by atoms with Gasteiger partial charge in [0.15, 0.2) is 23.0 Å². The Balaban J connectivity index is 1.15. The van der Waals surface area contributed by atoms with Gasteiger partial charge in [-0.05, 0) is 42.7 Å². The van der Waals surface area contributed by atoms with Crippen LogP contribution in [0.15, 0.2) is 47.4 Å². The van der Waals surface area contributed by atoms with E-state index in [-0.39, 0.29) is 30.9 Å². The smallest absolute Gasteiger partial charge is 0.344 e. The van der Waals surface area contributed by atoms with E-state index in [1.165, 1.54) is 11.8 Å². The first kappa shape index (κ1) is 22.3. The molecule has 2 atom stereocenters. The fourth-order valence-corrected chi connectivity index (χ4v) is 6.81. The molecule has 8 nitrogen and oxygen atoms in total. The molecule has 0 bridgehead atoms. The lowest BCUT2D eigenvalue weighted by atomic mass is 10.0. The van der Waals surface area contributed by atoms with Crippen molar-refractivity contribution in [2.24, 2.45) is 0 Å². The van der Waals surface area contributed by atoms with E-state index in [2.05, 4.69) is 0 Å². The molecule has 0 radical (unpaired) electrons. The largest absolute Gasteiger partial charge is 0.490 e. The minimum Gasteiger partial charge on any atom is -0.490 e. The molecular weight excluding hydrogens is 468 g/mol. The molecule has 2 aromatic rings. The summed E-state index contributed by atoms with van der Waals surface area (Å²) in [4.78, 5) is 42.1. The molecule has 2 saturated heterocycles. The highest BCUT2D eigenvalue weighted by Gasteiger charge is 2.58. The Bertz CT molecular complexity index is 1200. The van der Waals surface area contributed by atoms with Crippen LogP contribution in [-0.2, 0) is 19.1 Å². The SMILES string of the molecule is O=C(COC(=O)[C@]12CCC(=O)N1c1ccccc1S2)N1CCC[C@H]1c1ccc2c(c1)OCCCO2. The van der Waals surface area contributed by atoms with Crippen LogP contribution in [0.1, 0.15) is 43.7 Å². The summed E-state index contributed by atoms with van der Waals surface area (Å²) in [5, 5.41) is 0. The Kier molecular flexibility index (Phi) is 5.59. The monoisotopic (exact) mass is 494 g/mol. The van der Waals surface area contributed by atoms with Crippen molar-refractivity contribution < 1.29 is 28.6 Å². The van der Waals surface area contributed by atoms with Gasteiger partial charge in [-0.2, -0.15) is 0 Å². The molecule has 0 unspecified atom stereocenters. The Labute approximate surface area is 207 Å². The van der Waals surface area contributed by atoms with Gasteiger partial charge in [0.25, 0.3) is 5.91 Å². The summed E-state index contributed by atoms with van der Waals surface area (Å²) in [6, 6.07) is 13.2. The number of carbonyl (C=O) groups excluding carboxylic acids is 3. The van der Waals surface area contributed by atoms with Crippen LogP contribution in [-0.4, -0.2) is 53.9 Å². The van der Waals surface area contributed by atoms with Gasteiger partial charge in [0.2, 0.25) is 5.91 Å². The predicted molar refractivity (Wildman–Crippen MR) is 128 cm³/mol. The van der Waals surface area contributed by atoms with Crippen LogP contribution in [0.2, 0.25) is 0 Å². The summed E-state index contributed by atoms with van der Waals surface area (Å²) in [6.07, 6.45) is 3.18. The van der Waals surface area contributed by atoms with Gasteiger partial charge in [-0.15, -0.1) is 0 Å². The maximum Gasteiger partial charge on any atom is 0.344 e. The number of anilines is 1. The molecule has 0 spiro atoms. The molecule has 4 aliphatic rings. The van der Waals surface area contributed by atoms with Crippen molar-refractivity contribution in [3.63, 3.8) is 0 Å². The average Bonchev–Trinajstić information content (AvgIpc) is 3.52. The Morgan fingerprint density at radius 1 is 1.09 bits per heavy atom. The standard InChI is InChI=1S/C26H26N2O6S/c29-23-10-11-26(28(23)19-5-1-2-7-22(19)35-26)25(31)34-16-24(30)27-12-3-6-18(27)17-8-9-20-21(15-17)33-14-4-13-32-20/h1-2,5,7-9,15,18H,3-4,6,10-14,16H2/t18-,26+/m0/s1. The minimum absolute atomic E-state index is 0.0975. The highest BCUT2D eigenvalue weighted by Crippen LogP contribution is 2.56. The number of ether oxygens (including phenoxy) is 3. The molecule has 0 N–H and O–H groups in total. The predicted octanol–water partition coefficient (Wildman–Crippen LogP) is 3.68. The van der Waals surface area contributed by atoms with Crippen LogP contribution in [0, 0.1) is 0 Å². The molecule has 2 aromatic carbocycles. The first-order valence-electron chi connectivity index (χ1n) is 12.0. The van der Waals surface area contributed by atoms with Crippen LogP contribution >= 0.6 is 11.8 Å². The van der Waals surface area contributed by atoms with Crippen molar-refractivity contribution in [3.05, 3.63) is 48.0 Å². The van der Waals surface area contributed by atoms with Crippen LogP contribution in [0.25, 0.3) is 0 Å². The molecule has 2 fully saturated rings. The number of hydrogen-bond acceptors (Lipinski definition) is 7. The molecule has 6 rings (SSSR count). The number of thioether (sulfide) groups is 1. The van der Waals surface area contributed by atoms with Crippen molar-refractivity contribution in [2.45, 2.75) is 47.9 Å². The van der Waals surface area contributed by atoms with E-state index < -0.39 is 10.8 Å². The summed E-state index contributed by atoms with van der Waals surface area (Å²) >= 11 is 1.34. The van der Waals surface area contributed by atoms with Crippen LogP contribution in [0.5, 0.6) is 11.5 Å². The second-order valence-electron chi connectivity index (χ2n) is 9.16. The van der Waals surface area contributed by atoms with E-state index in [1.54, 1.807) is 9.80 Å². The summed E-state index contributed by atoms with van der Waals surface area (Å²) in [5.41, 5.74) is 1.72.